The highest BCUT2D eigenvalue weighted by atomic mass is 35.5. The molecular weight excluding hydrogens is 284 g/mol. The molecule has 0 aliphatic carbocycles. The Balaban J connectivity index is 2.62. The van der Waals surface area contributed by atoms with Gasteiger partial charge in [0.25, 0.3) is 5.91 Å². The third kappa shape index (κ3) is 4.70. The number of alkyl halides is 1. The molecule has 0 aromatic heterocycles. The first kappa shape index (κ1) is 16.2. The topological polar surface area (TPSA) is 81.5 Å². The smallest absolute Gasteiger partial charge is 0.310 e. The molecule has 20 heavy (non-hydrogen) atoms. The lowest BCUT2D eigenvalue weighted by atomic mass is 10.1. The summed E-state index contributed by atoms with van der Waals surface area (Å²) in [7, 11) is 1.33. The third-order valence-corrected chi connectivity index (χ3v) is 3.00. The first-order valence-corrected chi connectivity index (χ1v) is 6.80. The summed E-state index contributed by atoms with van der Waals surface area (Å²) in [5, 5.41) is 13.5. The van der Waals surface area contributed by atoms with Crippen LogP contribution < -0.4 is 10.1 Å². The number of hydrogen-bond acceptors (Lipinski definition) is 4. The fourth-order valence-corrected chi connectivity index (χ4v) is 1.86. The average Bonchev–Trinajstić information content (AvgIpc) is 2.45. The van der Waals surface area contributed by atoms with Crippen molar-refractivity contribution in [3.05, 3.63) is 33.9 Å². The Labute approximate surface area is 122 Å². The summed E-state index contributed by atoms with van der Waals surface area (Å²) in [5.41, 5.74) is 0.177. The predicted octanol–water partition coefficient (Wildman–Crippen LogP) is 2.74. The summed E-state index contributed by atoms with van der Waals surface area (Å²) < 4.78 is 4.92. The lowest BCUT2D eigenvalue weighted by molar-refractivity contribution is -0.385. The highest BCUT2D eigenvalue weighted by Gasteiger charge is 2.17. The second-order valence-corrected chi connectivity index (χ2v) is 4.53. The minimum Gasteiger partial charge on any atom is -0.490 e. The normalized spacial score (nSPS) is 10.1. The number of benzene rings is 1. The fraction of sp³-hybridized carbons (Fsp3) is 0.462. The predicted molar refractivity (Wildman–Crippen MR) is 76.6 cm³/mol. The van der Waals surface area contributed by atoms with Gasteiger partial charge < -0.3 is 10.1 Å². The van der Waals surface area contributed by atoms with Gasteiger partial charge in [0, 0.05) is 30.1 Å². The number of amides is 1. The summed E-state index contributed by atoms with van der Waals surface area (Å²) in [5.74, 6) is 0.418. The molecule has 0 aliphatic heterocycles. The van der Waals surface area contributed by atoms with Crippen molar-refractivity contribution in [1.29, 1.82) is 0 Å². The quantitative estimate of drug-likeness (QED) is 0.346. The van der Waals surface area contributed by atoms with Gasteiger partial charge in [0.1, 0.15) is 0 Å². The molecule has 0 unspecified atom stereocenters. The van der Waals surface area contributed by atoms with E-state index in [1.807, 2.05) is 0 Å². The molecular formula is C13H17ClN2O4. The van der Waals surface area contributed by atoms with Crippen molar-refractivity contribution in [2.45, 2.75) is 19.3 Å². The van der Waals surface area contributed by atoms with Crippen LogP contribution in [0.15, 0.2) is 18.2 Å². The van der Waals surface area contributed by atoms with Gasteiger partial charge in [-0.1, -0.05) is 6.42 Å². The zero-order valence-corrected chi connectivity index (χ0v) is 12.0. The molecule has 1 N–H and O–H groups in total. The minimum absolute atomic E-state index is 0.0739. The van der Waals surface area contributed by atoms with Crippen molar-refractivity contribution in [1.82, 2.24) is 5.32 Å². The number of ether oxygens (including phenoxy) is 1. The van der Waals surface area contributed by atoms with E-state index in [0.717, 1.165) is 19.3 Å². The summed E-state index contributed by atoms with van der Waals surface area (Å²) >= 11 is 5.56. The SMILES string of the molecule is COc1cc(C(=O)NCCCCCCl)ccc1[N+](=O)[O-]. The molecule has 0 spiro atoms. The maximum Gasteiger partial charge on any atom is 0.310 e. The standard InChI is InChI=1S/C13H17ClN2O4/c1-20-12-9-10(5-6-11(12)16(18)19)13(17)15-8-4-2-3-7-14/h5-6,9H,2-4,7-8H2,1H3,(H,15,17). The Morgan fingerprint density at radius 1 is 1.40 bits per heavy atom. The van der Waals surface area contributed by atoms with Crippen molar-refractivity contribution in [3.63, 3.8) is 0 Å². The second kappa shape index (κ2) is 8.37. The molecule has 0 fully saturated rings. The summed E-state index contributed by atoms with van der Waals surface area (Å²) in [6.07, 6.45) is 2.72. The van der Waals surface area contributed by atoms with Gasteiger partial charge in [0.05, 0.1) is 12.0 Å². The number of carbonyl (C=O) groups is 1. The van der Waals surface area contributed by atoms with Crippen LogP contribution in [0.2, 0.25) is 0 Å². The largest absolute Gasteiger partial charge is 0.490 e. The van der Waals surface area contributed by atoms with Gasteiger partial charge in [-0.25, -0.2) is 0 Å². The molecule has 110 valence electrons. The number of rotatable bonds is 8. The van der Waals surface area contributed by atoms with Gasteiger partial charge in [-0.15, -0.1) is 11.6 Å². The van der Waals surface area contributed by atoms with Crippen molar-refractivity contribution >= 4 is 23.2 Å². The molecule has 0 radical (unpaired) electrons. The molecule has 7 heteroatoms. The monoisotopic (exact) mass is 300 g/mol. The molecule has 0 bridgehead atoms. The summed E-state index contributed by atoms with van der Waals surface area (Å²) in [4.78, 5) is 22.1. The number of methoxy groups -OCH3 is 1. The van der Waals surface area contributed by atoms with Gasteiger partial charge in [-0.2, -0.15) is 0 Å². The van der Waals surface area contributed by atoms with Crippen molar-refractivity contribution < 1.29 is 14.5 Å². The number of carbonyl (C=O) groups excluding carboxylic acids is 1. The van der Waals surface area contributed by atoms with E-state index in [1.165, 1.54) is 25.3 Å². The number of unbranched alkanes of at least 4 members (excludes halogenated alkanes) is 2. The molecule has 0 saturated carbocycles. The summed E-state index contributed by atoms with van der Waals surface area (Å²) in [6, 6.07) is 4.04. The zero-order valence-electron chi connectivity index (χ0n) is 11.2. The molecule has 1 aromatic carbocycles. The van der Waals surface area contributed by atoms with Crippen LogP contribution >= 0.6 is 11.6 Å². The zero-order chi connectivity index (χ0) is 15.0. The Hall–Kier alpha value is -1.82. The van der Waals surface area contributed by atoms with Gasteiger partial charge in [0.15, 0.2) is 5.75 Å². The molecule has 0 aliphatic rings. The number of halogens is 1. The van der Waals surface area contributed by atoms with E-state index in [4.69, 9.17) is 16.3 Å². The number of nitro benzene ring substituents is 1. The molecule has 1 rings (SSSR count). The second-order valence-electron chi connectivity index (χ2n) is 4.15. The Kier molecular flexibility index (Phi) is 6.79. The van der Waals surface area contributed by atoms with Crippen LogP contribution in [-0.2, 0) is 0 Å². The number of nitrogens with one attached hydrogen (secondary N) is 1. The average molecular weight is 301 g/mol. The number of nitro groups is 1. The van der Waals surface area contributed by atoms with E-state index in [1.54, 1.807) is 0 Å². The van der Waals surface area contributed by atoms with Crippen LogP contribution in [0.25, 0.3) is 0 Å². The maximum absolute atomic E-state index is 11.9. The van der Waals surface area contributed by atoms with Crippen LogP contribution in [0, 0.1) is 10.1 Å². The van der Waals surface area contributed by atoms with E-state index < -0.39 is 4.92 Å². The van der Waals surface area contributed by atoms with Crippen LogP contribution in [0.3, 0.4) is 0 Å². The van der Waals surface area contributed by atoms with E-state index in [-0.39, 0.29) is 17.3 Å². The third-order valence-electron chi connectivity index (χ3n) is 2.73. The Morgan fingerprint density at radius 3 is 2.75 bits per heavy atom. The van der Waals surface area contributed by atoms with E-state index in [2.05, 4.69) is 5.32 Å². The van der Waals surface area contributed by atoms with Gasteiger partial charge in [0.2, 0.25) is 0 Å². The van der Waals surface area contributed by atoms with E-state index in [0.29, 0.717) is 18.0 Å². The molecule has 0 atom stereocenters. The van der Waals surface area contributed by atoms with Crippen LogP contribution in [-0.4, -0.2) is 30.4 Å². The minimum atomic E-state index is -0.549. The van der Waals surface area contributed by atoms with E-state index >= 15 is 0 Å². The van der Waals surface area contributed by atoms with E-state index in [9.17, 15) is 14.9 Å². The van der Waals surface area contributed by atoms with Crippen LogP contribution in [0.4, 0.5) is 5.69 Å². The van der Waals surface area contributed by atoms with Crippen molar-refractivity contribution in [2.75, 3.05) is 19.5 Å². The van der Waals surface area contributed by atoms with Crippen molar-refractivity contribution in [3.8, 4) is 5.75 Å². The lowest BCUT2D eigenvalue weighted by Gasteiger charge is -2.07. The lowest BCUT2D eigenvalue weighted by Crippen LogP contribution is -2.24. The number of nitrogens with zero attached hydrogens (tertiary/aromatic N) is 1. The molecule has 0 heterocycles. The van der Waals surface area contributed by atoms with Gasteiger partial charge >= 0.3 is 5.69 Å². The van der Waals surface area contributed by atoms with Crippen molar-refractivity contribution in [2.24, 2.45) is 0 Å². The molecule has 1 aromatic rings. The van der Waals surface area contributed by atoms with Crippen LogP contribution in [0.1, 0.15) is 29.6 Å². The maximum atomic E-state index is 11.9. The molecule has 1 amide bonds. The number of hydrogen-bond donors (Lipinski definition) is 1. The highest BCUT2D eigenvalue weighted by molar-refractivity contribution is 6.17. The first-order chi connectivity index (χ1) is 9.60. The first-order valence-electron chi connectivity index (χ1n) is 6.26. The Bertz CT molecular complexity index is 479. The van der Waals surface area contributed by atoms with Gasteiger partial charge in [-0.05, 0) is 18.9 Å². The molecule has 6 nitrogen and oxygen atoms in total. The molecule has 0 saturated heterocycles. The fourth-order valence-electron chi connectivity index (χ4n) is 1.67. The van der Waals surface area contributed by atoms with Gasteiger partial charge in [-0.3, -0.25) is 14.9 Å². The Morgan fingerprint density at radius 2 is 2.15 bits per heavy atom. The highest BCUT2D eigenvalue weighted by Crippen LogP contribution is 2.27. The summed E-state index contributed by atoms with van der Waals surface area (Å²) in [6.45, 7) is 0.551. The van der Waals surface area contributed by atoms with Crippen LogP contribution in [0.5, 0.6) is 5.75 Å².